The number of hydrogen-bond acceptors (Lipinski definition) is 4. The van der Waals surface area contributed by atoms with Gasteiger partial charge in [0.15, 0.2) is 0 Å². The molecular weight excluding hydrogens is 248 g/mol. The van der Waals surface area contributed by atoms with Crippen molar-refractivity contribution >= 4 is 23.4 Å². The highest BCUT2D eigenvalue weighted by molar-refractivity contribution is 8.00. The number of aliphatic hydroxyl groups is 1. The fourth-order valence-corrected chi connectivity index (χ4v) is 2.55. The quantitative estimate of drug-likeness (QED) is 0.544. The third-order valence-electron chi connectivity index (χ3n) is 2.48. The third-order valence-corrected chi connectivity index (χ3v) is 3.72. The number of anilines is 1. The largest absolute Gasteiger partial charge is 0.398 e. The fraction of sp³-hybridized carbons (Fsp3) is 0.462. The normalized spacial score (nSPS) is 12.2. The maximum atomic E-state index is 11.7. The molecule has 0 aliphatic rings. The summed E-state index contributed by atoms with van der Waals surface area (Å²) in [5.74, 6) is -0.0887. The van der Waals surface area contributed by atoms with Gasteiger partial charge in [-0.15, -0.1) is 11.8 Å². The molecule has 0 radical (unpaired) electrons. The summed E-state index contributed by atoms with van der Waals surface area (Å²) in [6, 6.07) is 5.28. The molecule has 100 valence electrons. The van der Waals surface area contributed by atoms with Crippen molar-refractivity contribution in [3.63, 3.8) is 0 Å². The van der Waals surface area contributed by atoms with Crippen LogP contribution in [-0.2, 0) is 0 Å². The molecule has 1 unspecified atom stereocenters. The minimum atomic E-state index is -0.0887. The molecule has 0 spiro atoms. The van der Waals surface area contributed by atoms with E-state index in [-0.39, 0.29) is 17.8 Å². The van der Waals surface area contributed by atoms with Gasteiger partial charge in [-0.1, -0.05) is 6.92 Å². The van der Waals surface area contributed by atoms with E-state index in [1.807, 2.05) is 13.8 Å². The van der Waals surface area contributed by atoms with E-state index in [0.717, 1.165) is 4.90 Å². The minimum Gasteiger partial charge on any atom is -0.398 e. The molecule has 0 heterocycles. The lowest BCUT2D eigenvalue weighted by Gasteiger charge is -2.12. The lowest BCUT2D eigenvalue weighted by Crippen LogP contribution is -2.22. The molecule has 1 amide bonds. The smallest absolute Gasteiger partial charge is 0.251 e. The lowest BCUT2D eigenvalue weighted by atomic mass is 10.2. The molecule has 1 rings (SSSR count). The van der Waals surface area contributed by atoms with Gasteiger partial charge in [-0.3, -0.25) is 4.79 Å². The molecule has 4 N–H and O–H groups in total. The number of thioether (sulfide) groups is 1. The van der Waals surface area contributed by atoms with Crippen LogP contribution in [-0.4, -0.2) is 29.4 Å². The van der Waals surface area contributed by atoms with Crippen LogP contribution >= 0.6 is 11.8 Å². The van der Waals surface area contributed by atoms with Crippen LogP contribution in [0.1, 0.15) is 30.6 Å². The minimum absolute atomic E-state index is 0.0887. The van der Waals surface area contributed by atoms with Gasteiger partial charge in [0.05, 0.1) is 0 Å². The summed E-state index contributed by atoms with van der Waals surface area (Å²) in [7, 11) is 0. The Hall–Kier alpha value is -1.20. The number of nitrogens with one attached hydrogen (secondary N) is 1. The van der Waals surface area contributed by atoms with Crippen molar-refractivity contribution in [1.82, 2.24) is 5.32 Å². The lowest BCUT2D eigenvalue weighted by molar-refractivity contribution is 0.0955. The van der Waals surface area contributed by atoms with Crippen LogP contribution in [0, 0.1) is 0 Å². The Morgan fingerprint density at radius 3 is 2.89 bits per heavy atom. The fourth-order valence-electron chi connectivity index (χ4n) is 1.50. The molecule has 1 atom stereocenters. The van der Waals surface area contributed by atoms with Gasteiger partial charge in [-0.05, 0) is 31.5 Å². The number of carbonyl (C=O) groups is 1. The summed E-state index contributed by atoms with van der Waals surface area (Å²) < 4.78 is 0. The van der Waals surface area contributed by atoms with Crippen molar-refractivity contribution in [3.8, 4) is 0 Å². The molecule has 1 aromatic carbocycles. The first kappa shape index (κ1) is 14.9. The standard InChI is InChI=1S/C13H20N2O2S/c1-3-15-13(17)10-4-5-11(14)12(8-10)18-9(2)6-7-16/h4-5,8-9,16H,3,6-7,14H2,1-2H3,(H,15,17). The first-order valence-corrected chi connectivity index (χ1v) is 6.91. The molecule has 4 nitrogen and oxygen atoms in total. The number of benzene rings is 1. The van der Waals surface area contributed by atoms with Crippen molar-refractivity contribution in [2.75, 3.05) is 18.9 Å². The first-order valence-electron chi connectivity index (χ1n) is 6.03. The van der Waals surface area contributed by atoms with Crippen molar-refractivity contribution in [2.24, 2.45) is 0 Å². The maximum Gasteiger partial charge on any atom is 0.251 e. The highest BCUT2D eigenvalue weighted by Crippen LogP contribution is 2.30. The van der Waals surface area contributed by atoms with Crippen LogP contribution in [0.2, 0.25) is 0 Å². The molecular formula is C13H20N2O2S. The Kier molecular flexibility index (Phi) is 6.01. The summed E-state index contributed by atoms with van der Waals surface area (Å²) >= 11 is 1.58. The van der Waals surface area contributed by atoms with E-state index in [1.54, 1.807) is 30.0 Å². The predicted octanol–water partition coefficient (Wildman–Crippen LogP) is 1.88. The van der Waals surface area contributed by atoms with Gasteiger partial charge in [0.25, 0.3) is 5.91 Å². The number of rotatable bonds is 6. The van der Waals surface area contributed by atoms with Crippen LogP contribution < -0.4 is 11.1 Å². The number of aliphatic hydroxyl groups excluding tert-OH is 1. The van der Waals surface area contributed by atoms with E-state index >= 15 is 0 Å². The van der Waals surface area contributed by atoms with Gasteiger partial charge in [-0.25, -0.2) is 0 Å². The predicted molar refractivity (Wildman–Crippen MR) is 75.9 cm³/mol. The summed E-state index contributed by atoms with van der Waals surface area (Å²) in [6.45, 7) is 4.67. The zero-order valence-electron chi connectivity index (χ0n) is 10.8. The van der Waals surface area contributed by atoms with Gasteiger partial charge in [0.2, 0.25) is 0 Å². The zero-order valence-corrected chi connectivity index (χ0v) is 11.6. The second kappa shape index (κ2) is 7.28. The summed E-state index contributed by atoms with van der Waals surface area (Å²) in [5, 5.41) is 11.9. The van der Waals surface area contributed by atoms with Gasteiger partial charge >= 0.3 is 0 Å². The van der Waals surface area contributed by atoms with Crippen LogP contribution in [0.3, 0.4) is 0 Å². The Morgan fingerprint density at radius 1 is 1.56 bits per heavy atom. The molecule has 0 saturated heterocycles. The monoisotopic (exact) mass is 268 g/mol. The van der Waals surface area contributed by atoms with Crippen LogP contribution in [0.15, 0.2) is 23.1 Å². The number of carbonyl (C=O) groups excluding carboxylic acids is 1. The zero-order chi connectivity index (χ0) is 13.5. The SMILES string of the molecule is CCNC(=O)c1ccc(N)c(SC(C)CCO)c1. The Morgan fingerprint density at radius 2 is 2.28 bits per heavy atom. The first-order chi connectivity index (χ1) is 8.58. The highest BCUT2D eigenvalue weighted by atomic mass is 32.2. The molecule has 1 aromatic rings. The van der Waals surface area contributed by atoms with Crippen LogP contribution in [0.4, 0.5) is 5.69 Å². The van der Waals surface area contributed by atoms with E-state index in [0.29, 0.717) is 24.2 Å². The molecule has 0 bridgehead atoms. The van der Waals surface area contributed by atoms with Crippen molar-refractivity contribution in [3.05, 3.63) is 23.8 Å². The number of nitrogen functional groups attached to an aromatic ring is 1. The average Bonchev–Trinajstić information content (AvgIpc) is 2.32. The van der Waals surface area contributed by atoms with Gasteiger partial charge in [-0.2, -0.15) is 0 Å². The van der Waals surface area contributed by atoms with Gasteiger partial charge in [0.1, 0.15) is 0 Å². The maximum absolute atomic E-state index is 11.7. The molecule has 0 aromatic heterocycles. The highest BCUT2D eigenvalue weighted by Gasteiger charge is 2.10. The topological polar surface area (TPSA) is 75.4 Å². The average molecular weight is 268 g/mol. The molecule has 0 saturated carbocycles. The van der Waals surface area contributed by atoms with E-state index in [9.17, 15) is 4.79 Å². The number of nitrogens with two attached hydrogens (primary N) is 1. The van der Waals surface area contributed by atoms with E-state index in [4.69, 9.17) is 10.8 Å². The van der Waals surface area contributed by atoms with Crippen molar-refractivity contribution in [2.45, 2.75) is 30.4 Å². The molecule has 0 aliphatic heterocycles. The Balaban J connectivity index is 2.84. The van der Waals surface area contributed by atoms with Crippen LogP contribution in [0.5, 0.6) is 0 Å². The summed E-state index contributed by atoms with van der Waals surface area (Å²) in [4.78, 5) is 12.6. The Labute approximate surface area is 112 Å². The Bertz CT molecular complexity index is 410. The number of amides is 1. The number of hydrogen-bond donors (Lipinski definition) is 3. The van der Waals surface area contributed by atoms with Crippen molar-refractivity contribution < 1.29 is 9.90 Å². The second-order valence-electron chi connectivity index (χ2n) is 4.05. The summed E-state index contributed by atoms with van der Waals surface area (Å²) in [5.41, 5.74) is 7.17. The van der Waals surface area contributed by atoms with Crippen LogP contribution in [0.25, 0.3) is 0 Å². The van der Waals surface area contributed by atoms with Gasteiger partial charge in [0, 0.05) is 34.5 Å². The second-order valence-corrected chi connectivity index (χ2v) is 5.53. The van der Waals surface area contributed by atoms with Crippen molar-refractivity contribution in [1.29, 1.82) is 0 Å². The molecule has 0 aliphatic carbocycles. The molecule has 0 fully saturated rings. The molecule has 18 heavy (non-hydrogen) atoms. The van der Waals surface area contributed by atoms with E-state index in [1.165, 1.54) is 0 Å². The van der Waals surface area contributed by atoms with E-state index in [2.05, 4.69) is 5.32 Å². The van der Waals surface area contributed by atoms with Gasteiger partial charge < -0.3 is 16.2 Å². The molecule has 5 heteroatoms. The summed E-state index contributed by atoms with van der Waals surface area (Å²) in [6.07, 6.45) is 0.704. The van der Waals surface area contributed by atoms with E-state index < -0.39 is 0 Å². The third kappa shape index (κ3) is 4.23.